The van der Waals surface area contributed by atoms with Gasteiger partial charge in [0.15, 0.2) is 0 Å². The minimum absolute atomic E-state index is 0.170. The summed E-state index contributed by atoms with van der Waals surface area (Å²) in [6.45, 7) is 7.17. The van der Waals surface area contributed by atoms with Gasteiger partial charge in [0.1, 0.15) is 0 Å². The second-order valence-electron chi connectivity index (χ2n) is 5.43. The fourth-order valence-electron chi connectivity index (χ4n) is 2.01. The van der Waals surface area contributed by atoms with Gasteiger partial charge in [-0.05, 0) is 12.8 Å². The molecule has 0 heterocycles. The van der Waals surface area contributed by atoms with Gasteiger partial charge in [0.25, 0.3) is 0 Å². The molecule has 0 aliphatic heterocycles. The molecule has 0 rings (SSSR count). The van der Waals surface area contributed by atoms with Crippen molar-refractivity contribution in [3.8, 4) is 0 Å². The van der Waals surface area contributed by atoms with Crippen LogP contribution in [0.15, 0.2) is 0 Å². The maximum atomic E-state index is 11.5. The molecule has 18 heavy (non-hydrogen) atoms. The molecule has 0 radical (unpaired) electrons. The summed E-state index contributed by atoms with van der Waals surface area (Å²) in [4.78, 5) is 11.5. The largest absolute Gasteiger partial charge is 0.356 e. The average Bonchev–Trinajstić information content (AvgIpc) is 2.39. The number of unbranched alkanes of at least 4 members (excludes halogenated alkanes) is 8. The van der Waals surface area contributed by atoms with Crippen molar-refractivity contribution < 1.29 is 4.79 Å². The lowest BCUT2D eigenvalue weighted by Gasteiger charge is -2.09. The van der Waals surface area contributed by atoms with Gasteiger partial charge in [-0.15, -0.1) is 0 Å². The summed E-state index contributed by atoms with van der Waals surface area (Å²) in [5, 5.41) is 3.01. The summed E-state index contributed by atoms with van der Waals surface area (Å²) in [7, 11) is 0. The highest BCUT2D eigenvalue weighted by Gasteiger charge is 2.08. The molecule has 0 fully saturated rings. The molecular weight excluding hydrogens is 222 g/mol. The van der Waals surface area contributed by atoms with Crippen LogP contribution in [-0.4, -0.2) is 12.5 Å². The molecule has 0 aliphatic rings. The Morgan fingerprint density at radius 3 is 1.89 bits per heavy atom. The van der Waals surface area contributed by atoms with E-state index in [1.807, 2.05) is 6.92 Å². The molecule has 0 saturated carbocycles. The summed E-state index contributed by atoms with van der Waals surface area (Å²) >= 11 is 0. The fourth-order valence-corrected chi connectivity index (χ4v) is 2.01. The van der Waals surface area contributed by atoms with Gasteiger partial charge in [-0.1, -0.05) is 72.1 Å². The van der Waals surface area contributed by atoms with Gasteiger partial charge in [-0.2, -0.15) is 0 Å². The second-order valence-corrected chi connectivity index (χ2v) is 5.43. The van der Waals surface area contributed by atoms with Crippen molar-refractivity contribution in [3.63, 3.8) is 0 Å². The Kier molecular flexibility index (Phi) is 12.5. The lowest BCUT2D eigenvalue weighted by atomic mass is 10.1. The third-order valence-corrected chi connectivity index (χ3v) is 3.64. The van der Waals surface area contributed by atoms with Gasteiger partial charge in [0, 0.05) is 12.5 Å². The van der Waals surface area contributed by atoms with Gasteiger partial charge >= 0.3 is 0 Å². The topological polar surface area (TPSA) is 29.1 Å². The van der Waals surface area contributed by atoms with Gasteiger partial charge in [-0.3, -0.25) is 4.79 Å². The van der Waals surface area contributed by atoms with Crippen molar-refractivity contribution in [3.05, 3.63) is 0 Å². The molecule has 0 aromatic heterocycles. The molecule has 1 amide bonds. The highest BCUT2D eigenvalue weighted by Crippen LogP contribution is 2.09. The van der Waals surface area contributed by atoms with Crippen LogP contribution in [0.3, 0.4) is 0 Å². The van der Waals surface area contributed by atoms with E-state index in [1.54, 1.807) is 0 Å². The Balaban J connectivity index is 3.14. The molecule has 0 saturated heterocycles. The standard InChI is InChI=1S/C16H33NO/c1-4-6-7-8-9-10-11-12-13-14-17-16(18)15(3)5-2/h15H,4-14H2,1-3H3,(H,17,18). The van der Waals surface area contributed by atoms with Crippen molar-refractivity contribution in [1.29, 1.82) is 0 Å². The second kappa shape index (κ2) is 12.9. The normalized spacial score (nSPS) is 12.4. The first-order valence-corrected chi connectivity index (χ1v) is 8.00. The molecule has 2 heteroatoms. The van der Waals surface area contributed by atoms with E-state index in [-0.39, 0.29) is 11.8 Å². The quantitative estimate of drug-likeness (QED) is 0.504. The molecule has 0 bridgehead atoms. The molecule has 108 valence electrons. The van der Waals surface area contributed by atoms with Gasteiger partial charge < -0.3 is 5.32 Å². The van der Waals surface area contributed by atoms with Crippen LogP contribution < -0.4 is 5.32 Å². The first kappa shape index (κ1) is 17.5. The third kappa shape index (κ3) is 10.6. The lowest BCUT2D eigenvalue weighted by molar-refractivity contribution is -0.124. The number of rotatable bonds is 12. The van der Waals surface area contributed by atoms with Crippen LogP contribution in [0.5, 0.6) is 0 Å². The predicted octanol–water partition coefficient (Wildman–Crippen LogP) is 4.68. The highest BCUT2D eigenvalue weighted by atomic mass is 16.1. The zero-order chi connectivity index (χ0) is 13.6. The number of carbonyl (C=O) groups is 1. The lowest BCUT2D eigenvalue weighted by Crippen LogP contribution is -2.29. The summed E-state index contributed by atoms with van der Waals surface area (Å²) in [5.74, 6) is 0.389. The van der Waals surface area contributed by atoms with Gasteiger partial charge in [-0.25, -0.2) is 0 Å². The monoisotopic (exact) mass is 255 g/mol. The van der Waals surface area contributed by atoms with Crippen LogP contribution in [0.1, 0.15) is 85.0 Å². The third-order valence-electron chi connectivity index (χ3n) is 3.64. The summed E-state index contributed by atoms with van der Waals surface area (Å²) in [6, 6.07) is 0. The van der Waals surface area contributed by atoms with Crippen LogP contribution in [0.4, 0.5) is 0 Å². The number of nitrogens with one attached hydrogen (secondary N) is 1. The molecule has 0 aromatic rings. The first-order valence-electron chi connectivity index (χ1n) is 8.00. The Labute approximate surface area is 114 Å². The molecule has 1 atom stereocenters. The molecule has 0 spiro atoms. The van der Waals surface area contributed by atoms with Crippen LogP contribution in [0.25, 0.3) is 0 Å². The molecule has 2 nitrogen and oxygen atoms in total. The van der Waals surface area contributed by atoms with Crippen LogP contribution >= 0.6 is 0 Å². The van der Waals surface area contributed by atoms with Crippen molar-refractivity contribution in [2.24, 2.45) is 5.92 Å². The van der Waals surface area contributed by atoms with Crippen LogP contribution in [0.2, 0.25) is 0 Å². The van der Waals surface area contributed by atoms with Crippen molar-refractivity contribution >= 4 is 5.91 Å². The zero-order valence-electron chi connectivity index (χ0n) is 12.8. The molecule has 1 unspecified atom stereocenters. The molecule has 1 N–H and O–H groups in total. The van der Waals surface area contributed by atoms with E-state index in [0.717, 1.165) is 19.4 Å². The predicted molar refractivity (Wildman–Crippen MR) is 79.7 cm³/mol. The van der Waals surface area contributed by atoms with E-state index in [2.05, 4.69) is 19.2 Å². The fraction of sp³-hybridized carbons (Fsp3) is 0.938. The number of hydrogen-bond donors (Lipinski definition) is 1. The Morgan fingerprint density at radius 1 is 0.889 bits per heavy atom. The SMILES string of the molecule is CCCCCCCCCCCNC(=O)C(C)CC. The number of amides is 1. The van der Waals surface area contributed by atoms with E-state index < -0.39 is 0 Å². The number of hydrogen-bond acceptors (Lipinski definition) is 1. The maximum Gasteiger partial charge on any atom is 0.222 e. The van der Waals surface area contributed by atoms with Crippen molar-refractivity contribution in [2.45, 2.75) is 85.0 Å². The highest BCUT2D eigenvalue weighted by molar-refractivity contribution is 5.78. The van der Waals surface area contributed by atoms with Gasteiger partial charge in [0.2, 0.25) is 5.91 Å². The Morgan fingerprint density at radius 2 is 1.39 bits per heavy atom. The average molecular weight is 255 g/mol. The summed E-state index contributed by atoms with van der Waals surface area (Å²) in [6.07, 6.45) is 12.9. The summed E-state index contributed by atoms with van der Waals surface area (Å²) < 4.78 is 0. The van der Waals surface area contributed by atoms with E-state index in [0.29, 0.717) is 0 Å². The smallest absolute Gasteiger partial charge is 0.222 e. The minimum Gasteiger partial charge on any atom is -0.356 e. The molecule has 0 aliphatic carbocycles. The summed E-state index contributed by atoms with van der Waals surface area (Å²) in [5.41, 5.74) is 0. The Bertz CT molecular complexity index is 192. The van der Waals surface area contributed by atoms with E-state index >= 15 is 0 Å². The Hall–Kier alpha value is -0.530. The van der Waals surface area contributed by atoms with Crippen molar-refractivity contribution in [1.82, 2.24) is 5.32 Å². The minimum atomic E-state index is 0.170. The maximum absolute atomic E-state index is 11.5. The molecular formula is C16H33NO. The van der Waals surface area contributed by atoms with Gasteiger partial charge in [0.05, 0.1) is 0 Å². The van der Waals surface area contributed by atoms with E-state index in [9.17, 15) is 4.79 Å². The van der Waals surface area contributed by atoms with E-state index in [4.69, 9.17) is 0 Å². The van der Waals surface area contributed by atoms with Crippen LogP contribution in [0, 0.1) is 5.92 Å². The number of carbonyl (C=O) groups excluding carboxylic acids is 1. The van der Waals surface area contributed by atoms with Crippen LogP contribution in [-0.2, 0) is 4.79 Å². The first-order chi connectivity index (χ1) is 8.72. The van der Waals surface area contributed by atoms with Crippen molar-refractivity contribution in [2.75, 3.05) is 6.54 Å². The molecule has 0 aromatic carbocycles. The zero-order valence-corrected chi connectivity index (χ0v) is 12.8. The van der Waals surface area contributed by atoms with E-state index in [1.165, 1.54) is 51.4 Å².